The zero-order chi connectivity index (χ0) is 12.1. The third-order valence-corrected chi connectivity index (χ3v) is 1.98. The van der Waals surface area contributed by atoms with Gasteiger partial charge in [-0.1, -0.05) is 0 Å². The number of hydrogen-bond donors (Lipinski definition) is 3. The minimum Gasteiger partial charge on any atom is -0.397 e. The summed E-state index contributed by atoms with van der Waals surface area (Å²) in [6, 6.07) is 1.19. The predicted octanol–water partition coefficient (Wildman–Crippen LogP) is -0.343. The summed E-state index contributed by atoms with van der Waals surface area (Å²) in [6.45, 7) is 1.69. The lowest BCUT2D eigenvalue weighted by Gasteiger charge is -2.12. The molecule has 0 aromatic carbocycles. The Morgan fingerprint density at radius 1 is 1.56 bits per heavy atom. The lowest BCUT2D eigenvalue weighted by Crippen LogP contribution is -2.36. The second kappa shape index (κ2) is 5.11. The minimum absolute atomic E-state index is 0.0940. The van der Waals surface area contributed by atoms with Gasteiger partial charge in [-0.2, -0.15) is 0 Å². The maximum absolute atomic E-state index is 11.7. The summed E-state index contributed by atoms with van der Waals surface area (Å²) in [4.78, 5) is 26.1. The number of nitrogens with two attached hydrogens (primary N) is 2. The number of nitrogens with zero attached hydrogens (tertiary/aromatic N) is 1. The van der Waals surface area contributed by atoms with Gasteiger partial charge >= 0.3 is 0 Å². The smallest absolute Gasteiger partial charge is 0.253 e. The molecule has 1 rings (SSSR count). The Balaban J connectivity index is 2.66. The van der Waals surface area contributed by atoms with Crippen molar-refractivity contribution >= 4 is 17.5 Å². The summed E-state index contributed by atoms with van der Waals surface area (Å²) in [5.74, 6) is -0.802. The number of carbonyl (C=O) groups excluding carboxylic acids is 2. The van der Waals surface area contributed by atoms with Crippen LogP contribution in [0.4, 0.5) is 5.69 Å². The molecule has 16 heavy (non-hydrogen) atoms. The van der Waals surface area contributed by atoms with Crippen LogP contribution in [0, 0.1) is 0 Å². The van der Waals surface area contributed by atoms with Crippen molar-refractivity contribution in [1.82, 2.24) is 10.3 Å². The van der Waals surface area contributed by atoms with E-state index in [9.17, 15) is 9.59 Å². The van der Waals surface area contributed by atoms with Gasteiger partial charge in [-0.25, -0.2) is 0 Å². The molecule has 1 unspecified atom stereocenters. The molecule has 1 aromatic heterocycles. The molecule has 0 spiro atoms. The molecule has 2 amide bonds. The van der Waals surface area contributed by atoms with Gasteiger partial charge in [0.2, 0.25) is 5.91 Å². The molecule has 0 bridgehead atoms. The summed E-state index contributed by atoms with van der Waals surface area (Å²) in [6.07, 6.45) is 2.97. The Kier molecular flexibility index (Phi) is 3.82. The third-order valence-electron chi connectivity index (χ3n) is 1.98. The first kappa shape index (κ1) is 12.0. The van der Waals surface area contributed by atoms with Crippen LogP contribution in [0.3, 0.4) is 0 Å². The van der Waals surface area contributed by atoms with E-state index in [1.807, 2.05) is 0 Å². The van der Waals surface area contributed by atoms with Crippen LogP contribution in [0.25, 0.3) is 0 Å². The van der Waals surface area contributed by atoms with Crippen molar-refractivity contribution in [1.29, 1.82) is 0 Å². The van der Waals surface area contributed by atoms with E-state index in [0.717, 1.165) is 0 Å². The van der Waals surface area contributed by atoms with Crippen molar-refractivity contribution in [3.63, 3.8) is 0 Å². The molecule has 0 radical (unpaired) electrons. The van der Waals surface area contributed by atoms with Crippen LogP contribution in [-0.4, -0.2) is 22.8 Å². The van der Waals surface area contributed by atoms with E-state index in [2.05, 4.69) is 10.3 Å². The number of anilines is 1. The van der Waals surface area contributed by atoms with E-state index in [1.54, 1.807) is 6.92 Å². The minimum atomic E-state index is -0.462. The van der Waals surface area contributed by atoms with Gasteiger partial charge in [0.25, 0.3) is 5.91 Å². The zero-order valence-corrected chi connectivity index (χ0v) is 8.93. The molecule has 6 nitrogen and oxygen atoms in total. The van der Waals surface area contributed by atoms with Crippen molar-refractivity contribution in [3.05, 3.63) is 24.0 Å². The van der Waals surface area contributed by atoms with Crippen molar-refractivity contribution in [3.8, 4) is 0 Å². The predicted molar refractivity (Wildman–Crippen MR) is 59.4 cm³/mol. The normalized spacial score (nSPS) is 11.8. The number of rotatable bonds is 4. The van der Waals surface area contributed by atoms with Crippen LogP contribution < -0.4 is 16.8 Å². The number of amides is 2. The maximum Gasteiger partial charge on any atom is 0.253 e. The first-order chi connectivity index (χ1) is 7.50. The van der Waals surface area contributed by atoms with E-state index < -0.39 is 5.91 Å². The van der Waals surface area contributed by atoms with Crippen molar-refractivity contribution in [2.75, 3.05) is 5.73 Å². The lowest BCUT2D eigenvalue weighted by molar-refractivity contribution is -0.118. The molecule has 86 valence electrons. The van der Waals surface area contributed by atoms with E-state index in [4.69, 9.17) is 11.5 Å². The van der Waals surface area contributed by atoms with Crippen LogP contribution in [0.15, 0.2) is 18.5 Å². The Bertz CT molecular complexity index is 406. The third kappa shape index (κ3) is 3.23. The van der Waals surface area contributed by atoms with Gasteiger partial charge in [-0.15, -0.1) is 0 Å². The molecule has 0 saturated heterocycles. The Hall–Kier alpha value is -2.11. The second-order valence-corrected chi connectivity index (χ2v) is 3.51. The van der Waals surface area contributed by atoms with E-state index in [1.165, 1.54) is 18.5 Å². The lowest BCUT2D eigenvalue weighted by atomic mass is 10.2. The number of aromatic nitrogens is 1. The van der Waals surface area contributed by atoms with Gasteiger partial charge in [-0.05, 0) is 13.0 Å². The highest BCUT2D eigenvalue weighted by Gasteiger charge is 2.13. The fourth-order valence-corrected chi connectivity index (χ4v) is 1.27. The number of hydrogen-bond acceptors (Lipinski definition) is 4. The Morgan fingerprint density at radius 3 is 2.81 bits per heavy atom. The fourth-order valence-electron chi connectivity index (χ4n) is 1.27. The van der Waals surface area contributed by atoms with Crippen LogP contribution in [0.5, 0.6) is 0 Å². The van der Waals surface area contributed by atoms with Crippen molar-refractivity contribution < 1.29 is 9.59 Å². The van der Waals surface area contributed by atoms with Gasteiger partial charge in [0, 0.05) is 18.7 Å². The van der Waals surface area contributed by atoms with Gasteiger partial charge in [0.05, 0.1) is 17.4 Å². The number of pyridine rings is 1. The SMILES string of the molecule is CC(CC(N)=O)NC(=O)c1ccncc1N. The standard InChI is InChI=1S/C10H14N4O2/c1-6(4-9(12)15)14-10(16)7-2-3-13-5-8(7)11/h2-3,5-6H,4,11H2,1H3,(H2,12,15)(H,14,16). The van der Waals surface area contributed by atoms with Gasteiger partial charge < -0.3 is 16.8 Å². The maximum atomic E-state index is 11.7. The average molecular weight is 222 g/mol. The number of carbonyl (C=O) groups is 2. The fraction of sp³-hybridized carbons (Fsp3) is 0.300. The summed E-state index contributed by atoms with van der Waals surface area (Å²) in [5.41, 5.74) is 11.2. The number of nitrogen functional groups attached to an aromatic ring is 1. The van der Waals surface area contributed by atoms with Gasteiger partial charge in [-0.3, -0.25) is 14.6 Å². The molecule has 1 heterocycles. The van der Waals surface area contributed by atoms with Crippen LogP contribution in [-0.2, 0) is 4.79 Å². The average Bonchev–Trinajstić information content (AvgIpc) is 2.16. The molecule has 1 aromatic rings. The number of primary amides is 1. The first-order valence-electron chi connectivity index (χ1n) is 4.79. The molecule has 5 N–H and O–H groups in total. The molecule has 0 saturated carbocycles. The highest BCUT2D eigenvalue weighted by molar-refractivity contribution is 5.99. The highest BCUT2D eigenvalue weighted by atomic mass is 16.2. The molecule has 1 atom stereocenters. The Morgan fingerprint density at radius 2 is 2.25 bits per heavy atom. The monoisotopic (exact) mass is 222 g/mol. The zero-order valence-electron chi connectivity index (χ0n) is 8.93. The molecule has 0 aliphatic rings. The van der Waals surface area contributed by atoms with Crippen LogP contribution in [0.1, 0.15) is 23.7 Å². The quantitative estimate of drug-likeness (QED) is 0.646. The first-order valence-corrected chi connectivity index (χ1v) is 4.79. The molecule has 0 aliphatic heterocycles. The van der Waals surface area contributed by atoms with E-state index in [0.29, 0.717) is 11.3 Å². The molecule has 0 aliphatic carbocycles. The van der Waals surface area contributed by atoms with E-state index >= 15 is 0 Å². The largest absolute Gasteiger partial charge is 0.397 e. The van der Waals surface area contributed by atoms with Crippen molar-refractivity contribution in [2.24, 2.45) is 5.73 Å². The van der Waals surface area contributed by atoms with Gasteiger partial charge in [0.15, 0.2) is 0 Å². The summed E-state index contributed by atoms with van der Waals surface area (Å²) >= 11 is 0. The van der Waals surface area contributed by atoms with Gasteiger partial charge in [0.1, 0.15) is 0 Å². The number of nitrogens with one attached hydrogen (secondary N) is 1. The molecule has 0 fully saturated rings. The second-order valence-electron chi connectivity index (χ2n) is 3.51. The molecular weight excluding hydrogens is 208 g/mol. The summed E-state index contributed by atoms with van der Waals surface area (Å²) in [5, 5.41) is 2.62. The van der Waals surface area contributed by atoms with Crippen LogP contribution in [0.2, 0.25) is 0 Å². The topological polar surface area (TPSA) is 111 Å². The van der Waals surface area contributed by atoms with Crippen molar-refractivity contribution in [2.45, 2.75) is 19.4 Å². The summed E-state index contributed by atoms with van der Waals surface area (Å²) in [7, 11) is 0. The highest BCUT2D eigenvalue weighted by Crippen LogP contribution is 2.08. The Labute approximate surface area is 93.0 Å². The van der Waals surface area contributed by atoms with Crippen LogP contribution >= 0.6 is 0 Å². The summed E-state index contributed by atoms with van der Waals surface area (Å²) < 4.78 is 0. The molecule has 6 heteroatoms. The molecular formula is C10H14N4O2. The van der Waals surface area contributed by atoms with E-state index in [-0.39, 0.29) is 18.4 Å².